The number of benzene rings is 2. The van der Waals surface area contributed by atoms with E-state index in [2.05, 4.69) is 10.3 Å². The van der Waals surface area contributed by atoms with Crippen LogP contribution in [0.3, 0.4) is 0 Å². The number of carbonyl (C=O) groups excluding carboxylic acids is 3. The number of esters is 1. The number of amides is 2. The van der Waals surface area contributed by atoms with Gasteiger partial charge in [0.25, 0.3) is 5.91 Å². The number of aromatic nitrogens is 1. The molecule has 0 spiro atoms. The lowest BCUT2D eigenvalue weighted by molar-refractivity contribution is -0.123. The van der Waals surface area contributed by atoms with E-state index < -0.39 is 11.9 Å². The van der Waals surface area contributed by atoms with Crippen molar-refractivity contribution in [2.24, 2.45) is 0 Å². The van der Waals surface area contributed by atoms with Crippen molar-refractivity contribution in [3.63, 3.8) is 0 Å². The van der Waals surface area contributed by atoms with Crippen molar-refractivity contribution in [1.29, 1.82) is 0 Å². The van der Waals surface area contributed by atoms with Gasteiger partial charge in [-0.25, -0.2) is 9.78 Å². The van der Waals surface area contributed by atoms with Crippen molar-refractivity contribution >= 4 is 62.7 Å². The van der Waals surface area contributed by atoms with Gasteiger partial charge in [0, 0.05) is 26.9 Å². The molecule has 0 unspecified atom stereocenters. The van der Waals surface area contributed by atoms with Crippen molar-refractivity contribution in [2.75, 3.05) is 30.0 Å². The molecule has 194 valence electrons. The molecule has 4 aromatic rings. The molecule has 0 saturated carbocycles. The first kappa shape index (κ1) is 25.9. The van der Waals surface area contributed by atoms with Gasteiger partial charge >= 0.3 is 5.97 Å². The summed E-state index contributed by atoms with van der Waals surface area (Å²) < 4.78 is 10.9. The second-order valence-electron chi connectivity index (χ2n) is 8.33. The second-order valence-corrected chi connectivity index (χ2v) is 10.7. The highest BCUT2D eigenvalue weighted by Gasteiger charge is 2.29. The molecule has 38 heavy (non-hydrogen) atoms. The van der Waals surface area contributed by atoms with Crippen LogP contribution in [-0.4, -0.2) is 42.5 Å². The van der Waals surface area contributed by atoms with E-state index in [1.165, 1.54) is 27.6 Å². The molecule has 2 aromatic heterocycles. The van der Waals surface area contributed by atoms with Crippen LogP contribution < -0.4 is 15.0 Å². The number of fused-ring (bicyclic) bond motifs is 1. The molecule has 11 heteroatoms. The summed E-state index contributed by atoms with van der Waals surface area (Å²) in [6.07, 6.45) is 0. The van der Waals surface area contributed by atoms with Crippen molar-refractivity contribution < 1.29 is 23.9 Å². The maximum Gasteiger partial charge on any atom is 0.341 e. The average Bonchev–Trinajstić information content (AvgIpc) is 3.52. The molecule has 3 heterocycles. The van der Waals surface area contributed by atoms with Crippen LogP contribution in [0.2, 0.25) is 5.02 Å². The minimum Gasteiger partial charge on any atom is -0.482 e. The standard InChI is InChI=1S/C27H22ClN3O5S2/c1-3-35-27(34)25-19(16-4-7-18(28)8-5-16)13-38-26(25)30-23(32)11-31-21-10-17(20-14-37-15(2)29-20)6-9-22(21)36-12-24(31)33/h4-10,13-14H,3,11-12H2,1-2H3,(H,30,32). The third-order valence-corrected chi connectivity index (χ3v) is 7.72. The Kier molecular flexibility index (Phi) is 7.46. The van der Waals surface area contributed by atoms with Gasteiger partial charge in [0.15, 0.2) is 6.61 Å². The van der Waals surface area contributed by atoms with Crippen LogP contribution in [-0.2, 0) is 14.3 Å². The second kappa shape index (κ2) is 10.9. The highest BCUT2D eigenvalue weighted by atomic mass is 35.5. The Morgan fingerprint density at radius 3 is 2.61 bits per heavy atom. The average molecular weight is 568 g/mol. The number of halogens is 1. The SMILES string of the molecule is CCOC(=O)c1c(-c2ccc(Cl)cc2)csc1NC(=O)CN1C(=O)COc2ccc(-c3csc(C)n3)cc21. The first-order valence-electron chi connectivity index (χ1n) is 11.7. The van der Waals surface area contributed by atoms with Gasteiger partial charge < -0.3 is 14.8 Å². The number of ether oxygens (including phenoxy) is 2. The van der Waals surface area contributed by atoms with E-state index in [4.69, 9.17) is 21.1 Å². The number of thiophene rings is 1. The summed E-state index contributed by atoms with van der Waals surface area (Å²) in [5, 5.41) is 8.35. The van der Waals surface area contributed by atoms with Gasteiger partial charge in [-0.1, -0.05) is 23.7 Å². The van der Waals surface area contributed by atoms with Crippen molar-refractivity contribution in [1.82, 2.24) is 4.98 Å². The molecule has 1 N–H and O–H groups in total. The number of thiazole rings is 1. The van der Waals surface area contributed by atoms with Gasteiger partial charge in [-0.3, -0.25) is 14.5 Å². The van der Waals surface area contributed by atoms with Gasteiger partial charge in [-0.2, -0.15) is 0 Å². The van der Waals surface area contributed by atoms with E-state index in [1.807, 2.05) is 18.4 Å². The highest BCUT2D eigenvalue weighted by Crippen LogP contribution is 2.38. The van der Waals surface area contributed by atoms with Crippen molar-refractivity contribution in [3.05, 3.63) is 68.8 Å². The number of rotatable bonds is 7. The van der Waals surface area contributed by atoms with Gasteiger partial charge in [-0.05, 0) is 49.7 Å². The summed E-state index contributed by atoms with van der Waals surface area (Å²) in [5.41, 5.74) is 3.71. The van der Waals surface area contributed by atoms with Gasteiger partial charge in [-0.15, -0.1) is 22.7 Å². The monoisotopic (exact) mass is 567 g/mol. The predicted octanol–water partition coefficient (Wildman–Crippen LogP) is 6.04. The highest BCUT2D eigenvalue weighted by molar-refractivity contribution is 7.15. The van der Waals surface area contributed by atoms with Gasteiger partial charge in [0.05, 0.1) is 23.0 Å². The van der Waals surface area contributed by atoms with E-state index in [9.17, 15) is 14.4 Å². The molecule has 2 aromatic carbocycles. The molecule has 1 aliphatic heterocycles. The molecule has 0 fully saturated rings. The fraction of sp³-hybridized carbons (Fsp3) is 0.185. The Hall–Kier alpha value is -3.73. The number of hydrogen-bond acceptors (Lipinski definition) is 8. The summed E-state index contributed by atoms with van der Waals surface area (Å²) >= 11 is 8.76. The van der Waals surface area contributed by atoms with E-state index in [0.717, 1.165) is 21.8 Å². The van der Waals surface area contributed by atoms with E-state index in [-0.39, 0.29) is 31.2 Å². The molecule has 0 saturated heterocycles. The predicted molar refractivity (Wildman–Crippen MR) is 149 cm³/mol. The molecule has 0 bridgehead atoms. The van der Waals surface area contributed by atoms with E-state index >= 15 is 0 Å². The Labute approximate surface area is 231 Å². The van der Waals surface area contributed by atoms with Gasteiger partial charge in [0.2, 0.25) is 5.91 Å². The minimum atomic E-state index is -0.551. The lowest BCUT2D eigenvalue weighted by Gasteiger charge is -2.29. The summed E-state index contributed by atoms with van der Waals surface area (Å²) in [6, 6.07) is 12.5. The molecule has 2 amide bonds. The molecule has 8 nitrogen and oxygen atoms in total. The maximum absolute atomic E-state index is 13.2. The number of nitrogens with zero attached hydrogens (tertiary/aromatic N) is 2. The summed E-state index contributed by atoms with van der Waals surface area (Å²) in [7, 11) is 0. The fourth-order valence-electron chi connectivity index (χ4n) is 4.04. The topological polar surface area (TPSA) is 97.8 Å². The summed E-state index contributed by atoms with van der Waals surface area (Å²) in [6.45, 7) is 3.38. The lowest BCUT2D eigenvalue weighted by atomic mass is 10.0. The Bertz CT molecular complexity index is 1530. The molecular formula is C27H22ClN3O5S2. The number of anilines is 2. The van der Waals surface area contributed by atoms with E-state index in [1.54, 1.807) is 48.7 Å². The van der Waals surface area contributed by atoms with Crippen LogP contribution in [0.5, 0.6) is 5.75 Å². The van der Waals surface area contributed by atoms with Gasteiger partial charge in [0.1, 0.15) is 22.9 Å². The molecule has 0 atom stereocenters. The summed E-state index contributed by atoms with van der Waals surface area (Å²) in [4.78, 5) is 44.8. The van der Waals surface area contributed by atoms with Crippen molar-refractivity contribution in [2.45, 2.75) is 13.8 Å². The minimum absolute atomic E-state index is 0.177. The Morgan fingerprint density at radius 2 is 1.89 bits per heavy atom. The first-order valence-corrected chi connectivity index (χ1v) is 13.8. The molecule has 0 radical (unpaired) electrons. The number of aryl methyl sites for hydroxylation is 1. The zero-order valence-corrected chi connectivity index (χ0v) is 22.8. The number of carbonyl (C=O) groups is 3. The zero-order valence-electron chi connectivity index (χ0n) is 20.4. The molecule has 1 aliphatic rings. The molecular weight excluding hydrogens is 546 g/mol. The first-order chi connectivity index (χ1) is 18.3. The molecule has 0 aliphatic carbocycles. The summed E-state index contributed by atoms with van der Waals surface area (Å²) in [5.74, 6) is -0.861. The van der Waals surface area contributed by atoms with E-state index in [0.29, 0.717) is 27.0 Å². The fourth-order valence-corrected chi connectivity index (χ4v) is 5.76. The van der Waals surface area contributed by atoms with Crippen LogP contribution in [0.25, 0.3) is 22.4 Å². The quantitative estimate of drug-likeness (QED) is 0.273. The largest absolute Gasteiger partial charge is 0.482 e. The lowest BCUT2D eigenvalue weighted by Crippen LogP contribution is -2.43. The van der Waals surface area contributed by atoms with Crippen LogP contribution in [0.4, 0.5) is 10.7 Å². The Balaban J connectivity index is 1.42. The van der Waals surface area contributed by atoms with Crippen LogP contribution >= 0.6 is 34.3 Å². The molecule has 5 rings (SSSR count). The maximum atomic E-state index is 13.2. The third-order valence-electron chi connectivity index (χ3n) is 5.80. The smallest absolute Gasteiger partial charge is 0.341 e. The Morgan fingerprint density at radius 1 is 1.13 bits per heavy atom. The van der Waals surface area contributed by atoms with Crippen LogP contribution in [0, 0.1) is 6.92 Å². The number of hydrogen-bond donors (Lipinski definition) is 1. The van der Waals surface area contributed by atoms with Crippen LogP contribution in [0.1, 0.15) is 22.3 Å². The normalized spacial score (nSPS) is 12.6. The zero-order chi connectivity index (χ0) is 26.8. The third kappa shape index (κ3) is 5.28. The number of nitrogens with one attached hydrogen (secondary N) is 1. The van der Waals surface area contributed by atoms with Crippen LogP contribution in [0.15, 0.2) is 53.2 Å². The van der Waals surface area contributed by atoms with Crippen molar-refractivity contribution in [3.8, 4) is 28.1 Å².